The Bertz CT molecular complexity index is 807. The van der Waals surface area contributed by atoms with Crippen molar-refractivity contribution in [2.45, 2.75) is 24.4 Å². The second-order valence-electron chi connectivity index (χ2n) is 5.57. The molecular weight excluding hydrogens is 346 g/mol. The van der Waals surface area contributed by atoms with Crippen molar-refractivity contribution in [3.63, 3.8) is 0 Å². The number of aliphatic hydroxyl groups excluding tert-OH is 1. The molecule has 0 saturated heterocycles. The van der Waals surface area contributed by atoms with Gasteiger partial charge in [-0.05, 0) is 25.1 Å². The summed E-state index contributed by atoms with van der Waals surface area (Å²) in [5.74, 6) is -0.380. The summed E-state index contributed by atoms with van der Waals surface area (Å²) < 4.78 is 27.4. The molecule has 0 aliphatic carbocycles. The van der Waals surface area contributed by atoms with Gasteiger partial charge in [0.2, 0.25) is 10.0 Å². The minimum absolute atomic E-state index is 0.0000271. The lowest BCUT2D eigenvalue weighted by Crippen LogP contribution is -2.36. The monoisotopic (exact) mass is 367 g/mol. The molecular formula is C15H21N5O4S. The van der Waals surface area contributed by atoms with Gasteiger partial charge >= 0.3 is 0 Å². The number of hydrogen-bond donors (Lipinski definition) is 2. The highest BCUT2D eigenvalue weighted by atomic mass is 32.2. The molecule has 0 fully saturated rings. The van der Waals surface area contributed by atoms with Gasteiger partial charge in [0.25, 0.3) is 5.91 Å². The van der Waals surface area contributed by atoms with Crippen LogP contribution < -0.4 is 5.32 Å². The lowest BCUT2D eigenvalue weighted by Gasteiger charge is -2.17. The molecule has 0 bridgehead atoms. The average Bonchev–Trinajstić information content (AvgIpc) is 3.07. The largest absolute Gasteiger partial charge is 0.395 e. The Balaban J connectivity index is 2.11. The van der Waals surface area contributed by atoms with Crippen molar-refractivity contribution in [3.8, 4) is 0 Å². The number of nitrogens with zero attached hydrogens (tertiary/aromatic N) is 4. The van der Waals surface area contributed by atoms with Crippen molar-refractivity contribution in [3.05, 3.63) is 42.5 Å². The summed E-state index contributed by atoms with van der Waals surface area (Å²) in [6.07, 6.45) is 2.96. The first kappa shape index (κ1) is 19.0. The highest BCUT2D eigenvalue weighted by Crippen LogP contribution is 2.16. The molecule has 2 rings (SSSR count). The van der Waals surface area contributed by atoms with Gasteiger partial charge in [-0.15, -0.1) is 0 Å². The Hall–Kier alpha value is -2.30. The Morgan fingerprint density at radius 2 is 2.20 bits per heavy atom. The zero-order valence-corrected chi connectivity index (χ0v) is 14.8. The van der Waals surface area contributed by atoms with E-state index in [1.165, 1.54) is 31.6 Å². The number of benzene rings is 1. The maximum Gasteiger partial charge on any atom is 0.251 e. The first-order valence-electron chi connectivity index (χ1n) is 7.65. The topological polar surface area (TPSA) is 117 Å². The van der Waals surface area contributed by atoms with Crippen LogP contribution in [0.3, 0.4) is 0 Å². The van der Waals surface area contributed by atoms with Crippen LogP contribution in [-0.2, 0) is 16.6 Å². The molecule has 2 aromatic rings. The van der Waals surface area contributed by atoms with Crippen LogP contribution in [0.25, 0.3) is 0 Å². The number of carbonyl (C=O) groups is 1. The molecule has 1 atom stereocenters. The van der Waals surface area contributed by atoms with E-state index in [-0.39, 0.29) is 35.6 Å². The Labute approximate surface area is 146 Å². The molecule has 0 saturated carbocycles. The van der Waals surface area contributed by atoms with E-state index in [1.54, 1.807) is 17.1 Å². The van der Waals surface area contributed by atoms with Crippen molar-refractivity contribution >= 4 is 15.9 Å². The number of aromatic nitrogens is 3. The van der Waals surface area contributed by atoms with Crippen LogP contribution >= 0.6 is 0 Å². The summed E-state index contributed by atoms with van der Waals surface area (Å²) in [4.78, 5) is 16.2. The quantitative estimate of drug-likeness (QED) is 0.662. The number of likely N-dealkylation sites (N-methyl/N-ethyl adjacent to an activating group) is 1. The molecule has 0 aliphatic rings. The van der Waals surface area contributed by atoms with Crippen LogP contribution in [0.15, 0.2) is 41.8 Å². The van der Waals surface area contributed by atoms with Crippen LogP contribution in [0.2, 0.25) is 0 Å². The van der Waals surface area contributed by atoms with Crippen LogP contribution in [0.1, 0.15) is 17.3 Å². The minimum Gasteiger partial charge on any atom is -0.395 e. The van der Waals surface area contributed by atoms with Gasteiger partial charge in [-0.25, -0.2) is 13.4 Å². The van der Waals surface area contributed by atoms with Gasteiger partial charge in [0.15, 0.2) is 0 Å². The molecule has 2 N–H and O–H groups in total. The standard InChI is InChI=1S/C15H21N5O4S/c1-12(9-20-11-16-10-17-20)18-15(22)13-4-3-5-14(8-13)25(23,24)19(2)6-7-21/h3-5,8,10-12,21H,6-7,9H2,1-2H3,(H,18,22). The number of sulfonamides is 1. The van der Waals surface area contributed by atoms with Gasteiger partial charge in [0.1, 0.15) is 12.7 Å². The van der Waals surface area contributed by atoms with Crippen LogP contribution in [0.5, 0.6) is 0 Å². The normalized spacial score (nSPS) is 13.0. The first-order chi connectivity index (χ1) is 11.8. The van der Waals surface area contributed by atoms with Gasteiger partial charge in [-0.3, -0.25) is 9.48 Å². The fourth-order valence-electron chi connectivity index (χ4n) is 2.20. The van der Waals surface area contributed by atoms with Crippen molar-refractivity contribution in [2.24, 2.45) is 0 Å². The molecule has 1 unspecified atom stereocenters. The lowest BCUT2D eigenvalue weighted by molar-refractivity contribution is 0.0935. The molecule has 9 nitrogen and oxygen atoms in total. The van der Waals surface area contributed by atoms with E-state index in [1.807, 2.05) is 6.92 Å². The second kappa shape index (κ2) is 8.19. The fourth-order valence-corrected chi connectivity index (χ4v) is 3.41. The molecule has 1 aromatic carbocycles. The molecule has 1 aromatic heterocycles. The molecule has 25 heavy (non-hydrogen) atoms. The third-order valence-electron chi connectivity index (χ3n) is 3.52. The third kappa shape index (κ3) is 4.84. The van der Waals surface area contributed by atoms with Gasteiger partial charge in [-0.2, -0.15) is 9.40 Å². The van der Waals surface area contributed by atoms with Gasteiger partial charge in [-0.1, -0.05) is 6.07 Å². The smallest absolute Gasteiger partial charge is 0.251 e. The van der Waals surface area contributed by atoms with E-state index in [9.17, 15) is 13.2 Å². The highest BCUT2D eigenvalue weighted by molar-refractivity contribution is 7.89. The summed E-state index contributed by atoms with van der Waals surface area (Å²) in [6.45, 7) is 1.96. The van der Waals surface area contributed by atoms with Crippen molar-refractivity contribution in [1.29, 1.82) is 0 Å². The number of carbonyl (C=O) groups excluding carboxylic acids is 1. The molecule has 0 radical (unpaired) electrons. The number of nitrogens with one attached hydrogen (secondary N) is 1. The summed E-state index contributed by atoms with van der Waals surface area (Å²) in [5.41, 5.74) is 0.240. The summed E-state index contributed by atoms with van der Waals surface area (Å²) in [7, 11) is -2.38. The van der Waals surface area contributed by atoms with E-state index in [0.29, 0.717) is 6.54 Å². The Morgan fingerprint density at radius 1 is 1.44 bits per heavy atom. The zero-order chi connectivity index (χ0) is 18.4. The maximum atomic E-state index is 12.4. The third-order valence-corrected chi connectivity index (χ3v) is 5.38. The Kier molecular flexibility index (Phi) is 6.23. The van der Waals surface area contributed by atoms with E-state index in [0.717, 1.165) is 4.31 Å². The molecule has 1 heterocycles. The van der Waals surface area contributed by atoms with E-state index >= 15 is 0 Å². The van der Waals surface area contributed by atoms with E-state index in [2.05, 4.69) is 15.4 Å². The zero-order valence-electron chi connectivity index (χ0n) is 14.0. The predicted molar refractivity (Wildman–Crippen MR) is 90.3 cm³/mol. The summed E-state index contributed by atoms with van der Waals surface area (Å²) in [5, 5.41) is 15.7. The molecule has 0 spiro atoms. The van der Waals surface area contributed by atoms with Gasteiger partial charge in [0.05, 0.1) is 18.0 Å². The van der Waals surface area contributed by atoms with Gasteiger partial charge < -0.3 is 10.4 Å². The van der Waals surface area contributed by atoms with Crippen LogP contribution in [0.4, 0.5) is 0 Å². The molecule has 0 aliphatic heterocycles. The van der Waals surface area contributed by atoms with Crippen molar-refractivity contribution in [2.75, 3.05) is 20.2 Å². The highest BCUT2D eigenvalue weighted by Gasteiger charge is 2.21. The number of aliphatic hydroxyl groups is 1. The SMILES string of the molecule is CC(Cn1cncn1)NC(=O)c1cccc(S(=O)(=O)N(C)CCO)c1. The van der Waals surface area contributed by atoms with E-state index < -0.39 is 10.0 Å². The molecule has 10 heteroatoms. The van der Waals surface area contributed by atoms with Crippen molar-refractivity contribution < 1.29 is 18.3 Å². The Morgan fingerprint density at radius 3 is 2.84 bits per heavy atom. The lowest BCUT2D eigenvalue weighted by atomic mass is 10.2. The van der Waals surface area contributed by atoms with Gasteiger partial charge in [0, 0.05) is 25.2 Å². The first-order valence-corrected chi connectivity index (χ1v) is 9.09. The second-order valence-corrected chi connectivity index (χ2v) is 7.61. The fraction of sp³-hybridized carbons (Fsp3) is 0.400. The predicted octanol–water partition coefficient (Wildman–Crippen LogP) is -0.291. The maximum absolute atomic E-state index is 12.4. The summed E-state index contributed by atoms with van der Waals surface area (Å²) >= 11 is 0. The summed E-state index contributed by atoms with van der Waals surface area (Å²) in [6, 6.07) is 5.57. The average molecular weight is 367 g/mol. The number of rotatable bonds is 8. The molecule has 136 valence electrons. The minimum atomic E-state index is -3.76. The van der Waals surface area contributed by atoms with Crippen LogP contribution in [-0.4, -0.2) is 64.7 Å². The molecule has 1 amide bonds. The van der Waals surface area contributed by atoms with Crippen molar-refractivity contribution in [1.82, 2.24) is 24.4 Å². The van der Waals surface area contributed by atoms with Crippen LogP contribution in [0, 0.1) is 0 Å². The van der Waals surface area contributed by atoms with E-state index in [4.69, 9.17) is 5.11 Å². The number of amides is 1. The number of hydrogen-bond acceptors (Lipinski definition) is 6.